The lowest BCUT2D eigenvalue weighted by Gasteiger charge is -2.22. The maximum Gasteiger partial charge on any atom is 0.317 e. The summed E-state index contributed by atoms with van der Waals surface area (Å²) in [4.78, 5) is 14.2. The second-order valence-electron chi connectivity index (χ2n) is 7.01. The van der Waals surface area contributed by atoms with Crippen LogP contribution in [0.25, 0.3) is 0 Å². The highest BCUT2D eigenvalue weighted by molar-refractivity contribution is 5.75. The van der Waals surface area contributed by atoms with Crippen molar-refractivity contribution in [3.8, 4) is 0 Å². The summed E-state index contributed by atoms with van der Waals surface area (Å²) >= 11 is 0. The van der Waals surface area contributed by atoms with E-state index < -0.39 is 11.6 Å². The fourth-order valence-corrected chi connectivity index (χ4v) is 3.87. The van der Waals surface area contributed by atoms with E-state index >= 15 is 0 Å². The van der Waals surface area contributed by atoms with E-state index in [0.29, 0.717) is 13.0 Å². The van der Waals surface area contributed by atoms with Gasteiger partial charge in [-0.3, -0.25) is 0 Å². The highest BCUT2D eigenvalue weighted by atomic mass is 19.1. The molecule has 1 aromatic carbocycles. The van der Waals surface area contributed by atoms with Gasteiger partial charge in [-0.2, -0.15) is 0 Å². The normalized spacial score (nSPS) is 32.5. The van der Waals surface area contributed by atoms with Gasteiger partial charge in [0.1, 0.15) is 11.6 Å². The molecule has 6 heteroatoms. The van der Waals surface area contributed by atoms with Crippen LogP contribution >= 0.6 is 0 Å². The lowest BCUT2D eigenvalue weighted by atomic mass is 9.87. The molecule has 124 valence electrons. The molecule has 3 aliphatic rings. The number of amides is 2. The quantitative estimate of drug-likeness (QED) is 0.909. The summed E-state index contributed by atoms with van der Waals surface area (Å²) in [5.74, 6) is -1.32. The summed E-state index contributed by atoms with van der Waals surface area (Å²) in [6.07, 6.45) is 2.56. The SMILES string of the molecule is O=C(N[C@@H]1C[C@H]1c1c(F)cccc1F)N1CC[C@]2(CCOC2)C1. The first kappa shape index (κ1) is 14.9. The number of nitrogens with zero attached hydrogens (tertiary/aromatic N) is 1. The average molecular weight is 322 g/mol. The molecule has 0 aromatic heterocycles. The smallest absolute Gasteiger partial charge is 0.317 e. The third kappa shape index (κ3) is 2.69. The van der Waals surface area contributed by atoms with Gasteiger partial charge in [0.05, 0.1) is 6.61 Å². The van der Waals surface area contributed by atoms with Crippen molar-refractivity contribution >= 4 is 6.03 Å². The fraction of sp³-hybridized carbons (Fsp3) is 0.588. The molecule has 1 saturated carbocycles. The van der Waals surface area contributed by atoms with Gasteiger partial charge in [-0.1, -0.05) is 6.07 Å². The van der Waals surface area contributed by atoms with Crippen LogP contribution < -0.4 is 5.32 Å². The molecule has 4 rings (SSSR count). The van der Waals surface area contributed by atoms with Crippen molar-refractivity contribution in [3.05, 3.63) is 35.4 Å². The van der Waals surface area contributed by atoms with Crippen LogP contribution in [-0.2, 0) is 4.74 Å². The topological polar surface area (TPSA) is 41.6 Å². The van der Waals surface area contributed by atoms with Crippen LogP contribution in [-0.4, -0.2) is 43.3 Å². The number of likely N-dealkylation sites (tertiary alicyclic amines) is 1. The van der Waals surface area contributed by atoms with Gasteiger partial charge < -0.3 is 15.0 Å². The van der Waals surface area contributed by atoms with E-state index in [0.717, 1.165) is 32.6 Å². The number of benzene rings is 1. The first-order valence-corrected chi connectivity index (χ1v) is 8.15. The molecule has 0 unspecified atom stereocenters. The monoisotopic (exact) mass is 322 g/mol. The predicted molar refractivity (Wildman–Crippen MR) is 80.1 cm³/mol. The number of nitrogens with one attached hydrogen (secondary N) is 1. The molecule has 2 amide bonds. The minimum Gasteiger partial charge on any atom is -0.381 e. The predicted octanol–water partition coefficient (Wildman–Crippen LogP) is 2.64. The van der Waals surface area contributed by atoms with Crippen LogP contribution in [0.15, 0.2) is 18.2 Å². The summed E-state index contributed by atoms with van der Waals surface area (Å²) in [6, 6.07) is 3.58. The Kier molecular flexibility index (Phi) is 3.52. The Hall–Kier alpha value is -1.69. The maximum absolute atomic E-state index is 13.8. The number of halogens is 2. The first-order chi connectivity index (χ1) is 11.1. The average Bonchev–Trinajstić information content (AvgIpc) is 2.97. The van der Waals surface area contributed by atoms with Gasteiger partial charge >= 0.3 is 6.03 Å². The Morgan fingerprint density at radius 1 is 1.30 bits per heavy atom. The molecule has 3 fully saturated rings. The van der Waals surface area contributed by atoms with Crippen molar-refractivity contribution in [2.75, 3.05) is 26.3 Å². The molecule has 2 saturated heterocycles. The standard InChI is InChI=1S/C17H20F2N2O2/c18-12-2-1-3-13(19)15(12)11-8-14(11)20-16(22)21-6-4-17(9-21)5-7-23-10-17/h1-3,11,14H,4-10H2,(H,20,22)/t11-,14-,17+/m1/s1. The molecule has 3 atom stereocenters. The van der Waals surface area contributed by atoms with Gasteiger partial charge in [-0.25, -0.2) is 13.6 Å². The Bertz CT molecular complexity index is 611. The summed E-state index contributed by atoms with van der Waals surface area (Å²) in [5, 5.41) is 2.92. The Balaban J connectivity index is 1.36. The van der Waals surface area contributed by atoms with Crippen LogP contribution in [0.1, 0.15) is 30.7 Å². The van der Waals surface area contributed by atoms with Crippen LogP contribution in [0.4, 0.5) is 13.6 Å². The van der Waals surface area contributed by atoms with Gasteiger partial charge in [-0.15, -0.1) is 0 Å². The Morgan fingerprint density at radius 2 is 2.09 bits per heavy atom. The van der Waals surface area contributed by atoms with Crippen LogP contribution in [0.2, 0.25) is 0 Å². The van der Waals surface area contributed by atoms with Gasteiger partial charge in [0, 0.05) is 42.6 Å². The molecule has 1 spiro atoms. The number of carbonyl (C=O) groups excluding carboxylic acids is 1. The number of rotatable bonds is 2. The van der Waals surface area contributed by atoms with Crippen LogP contribution in [0, 0.1) is 17.0 Å². The third-order valence-corrected chi connectivity index (χ3v) is 5.38. The molecular weight excluding hydrogens is 302 g/mol. The molecule has 4 nitrogen and oxygen atoms in total. The lowest BCUT2D eigenvalue weighted by molar-refractivity contribution is 0.152. The van der Waals surface area contributed by atoms with Gasteiger partial charge in [0.25, 0.3) is 0 Å². The molecule has 0 radical (unpaired) electrons. The number of hydrogen-bond acceptors (Lipinski definition) is 2. The van der Waals surface area contributed by atoms with Crippen molar-refractivity contribution in [3.63, 3.8) is 0 Å². The number of hydrogen-bond donors (Lipinski definition) is 1. The summed E-state index contributed by atoms with van der Waals surface area (Å²) < 4.78 is 33.0. The summed E-state index contributed by atoms with van der Waals surface area (Å²) in [6.45, 7) is 2.93. The van der Waals surface area contributed by atoms with E-state index in [-0.39, 0.29) is 29.0 Å². The number of ether oxygens (including phenoxy) is 1. The zero-order chi connectivity index (χ0) is 16.0. The number of urea groups is 1. The zero-order valence-electron chi connectivity index (χ0n) is 12.9. The van der Waals surface area contributed by atoms with Gasteiger partial charge in [-0.05, 0) is 31.4 Å². The number of carbonyl (C=O) groups is 1. The van der Waals surface area contributed by atoms with E-state index in [1.807, 2.05) is 4.90 Å². The molecule has 1 aromatic rings. The van der Waals surface area contributed by atoms with Crippen LogP contribution in [0.3, 0.4) is 0 Å². The van der Waals surface area contributed by atoms with Crippen molar-refractivity contribution in [2.24, 2.45) is 5.41 Å². The molecular formula is C17H20F2N2O2. The van der Waals surface area contributed by atoms with Crippen LogP contribution in [0.5, 0.6) is 0 Å². The van der Waals surface area contributed by atoms with Crippen molar-refractivity contribution in [2.45, 2.75) is 31.2 Å². The second kappa shape index (κ2) is 5.44. The van der Waals surface area contributed by atoms with Gasteiger partial charge in [0.2, 0.25) is 0 Å². The molecule has 2 aliphatic heterocycles. The van der Waals surface area contributed by atoms with E-state index in [1.54, 1.807) is 0 Å². The third-order valence-electron chi connectivity index (χ3n) is 5.38. The highest BCUT2D eigenvalue weighted by Crippen LogP contribution is 2.43. The Labute approximate surface area is 133 Å². The highest BCUT2D eigenvalue weighted by Gasteiger charge is 2.46. The zero-order valence-corrected chi connectivity index (χ0v) is 12.9. The van der Waals surface area contributed by atoms with Crippen molar-refractivity contribution < 1.29 is 18.3 Å². The molecule has 1 aliphatic carbocycles. The Morgan fingerprint density at radius 3 is 2.78 bits per heavy atom. The largest absolute Gasteiger partial charge is 0.381 e. The lowest BCUT2D eigenvalue weighted by Crippen LogP contribution is -2.41. The van der Waals surface area contributed by atoms with Crippen molar-refractivity contribution in [1.82, 2.24) is 10.2 Å². The summed E-state index contributed by atoms with van der Waals surface area (Å²) in [5.41, 5.74) is 0.220. The molecule has 2 heterocycles. The van der Waals surface area contributed by atoms with E-state index in [2.05, 4.69) is 5.32 Å². The summed E-state index contributed by atoms with van der Waals surface area (Å²) in [7, 11) is 0. The van der Waals surface area contributed by atoms with Gasteiger partial charge in [0.15, 0.2) is 0 Å². The minimum absolute atomic E-state index is 0.0971. The second-order valence-corrected chi connectivity index (χ2v) is 7.01. The first-order valence-electron chi connectivity index (χ1n) is 8.15. The minimum atomic E-state index is -0.532. The fourth-order valence-electron chi connectivity index (χ4n) is 3.87. The van der Waals surface area contributed by atoms with E-state index in [9.17, 15) is 13.6 Å². The van der Waals surface area contributed by atoms with E-state index in [4.69, 9.17) is 4.74 Å². The molecule has 23 heavy (non-hydrogen) atoms. The van der Waals surface area contributed by atoms with E-state index in [1.165, 1.54) is 18.2 Å². The van der Waals surface area contributed by atoms with Crippen molar-refractivity contribution in [1.29, 1.82) is 0 Å². The maximum atomic E-state index is 13.8. The molecule has 1 N–H and O–H groups in total. The molecule has 0 bridgehead atoms.